The van der Waals surface area contributed by atoms with Crippen LogP contribution in [0.4, 0.5) is 5.69 Å². The molecule has 0 radical (unpaired) electrons. The summed E-state index contributed by atoms with van der Waals surface area (Å²) in [6.07, 6.45) is 0. The van der Waals surface area contributed by atoms with Crippen molar-refractivity contribution in [2.75, 3.05) is 11.1 Å². The Bertz CT molecular complexity index is 1110. The molecule has 2 atom stereocenters. The van der Waals surface area contributed by atoms with Gasteiger partial charge in [-0.1, -0.05) is 52.0 Å². The van der Waals surface area contributed by atoms with E-state index >= 15 is 0 Å². The summed E-state index contributed by atoms with van der Waals surface area (Å²) in [4.78, 5) is 16.7. The van der Waals surface area contributed by atoms with Gasteiger partial charge in [0.15, 0.2) is 0 Å². The molecule has 6 nitrogen and oxygen atoms in total. The Labute approximate surface area is 187 Å². The fourth-order valence-electron chi connectivity index (χ4n) is 3.22. The highest BCUT2D eigenvalue weighted by Crippen LogP contribution is 2.41. The zero-order chi connectivity index (χ0) is 21.7. The van der Waals surface area contributed by atoms with Gasteiger partial charge in [-0.15, -0.1) is 0 Å². The van der Waals surface area contributed by atoms with Crippen molar-refractivity contribution in [1.82, 2.24) is 0 Å². The molecule has 3 N–H and O–H groups in total. The lowest BCUT2D eigenvalue weighted by Gasteiger charge is -2.28. The Morgan fingerprint density at radius 1 is 1.23 bits per heavy atom. The molecule has 1 amide bonds. The van der Waals surface area contributed by atoms with Crippen LogP contribution in [0.5, 0.6) is 0 Å². The second-order valence-corrected chi connectivity index (χ2v) is 8.53. The number of nitrogens with two attached hydrogens (primary N) is 1. The topological polar surface area (TPSA) is 115 Å². The van der Waals surface area contributed by atoms with E-state index < -0.39 is 11.8 Å². The number of hydrogen-bond donors (Lipinski definition) is 2. The average Bonchev–Trinajstić information content (AvgIpc) is 2.74. The van der Waals surface area contributed by atoms with Gasteiger partial charge in [-0.05, 0) is 42.3 Å². The van der Waals surface area contributed by atoms with Gasteiger partial charge in [0, 0.05) is 16.1 Å². The quantitative estimate of drug-likeness (QED) is 0.656. The lowest BCUT2D eigenvalue weighted by Crippen LogP contribution is -2.32. The monoisotopic (exact) mass is 479 g/mol. The van der Waals surface area contributed by atoms with Crippen molar-refractivity contribution in [3.63, 3.8) is 0 Å². The third kappa shape index (κ3) is 4.73. The molecule has 0 bridgehead atoms. The number of hydrogen-bond acceptors (Lipinski definition) is 6. The van der Waals surface area contributed by atoms with E-state index in [1.807, 2.05) is 43.3 Å². The highest BCUT2D eigenvalue weighted by atomic mass is 79.9. The summed E-state index contributed by atoms with van der Waals surface area (Å²) in [5, 5.41) is 22.7. The number of rotatable bonds is 5. The minimum absolute atomic E-state index is 0.0606. The highest BCUT2D eigenvalue weighted by Gasteiger charge is 2.36. The molecule has 1 heterocycles. The first-order valence-corrected chi connectivity index (χ1v) is 10.8. The first kappa shape index (κ1) is 21.6. The second-order valence-electron chi connectivity index (χ2n) is 6.65. The molecular weight excluding hydrogens is 462 g/mol. The van der Waals surface area contributed by atoms with E-state index in [1.165, 1.54) is 0 Å². The number of amidine groups is 1. The van der Waals surface area contributed by atoms with Gasteiger partial charge in [0.1, 0.15) is 16.8 Å². The van der Waals surface area contributed by atoms with Crippen LogP contribution in [0.3, 0.4) is 0 Å². The SMILES string of the molecule is Cc1ccccc1[C@@H]1C(C#N)=C(SCC(=O)Nc2ccc(Br)cc2)N=C(N)C1C#N. The number of amides is 1. The molecule has 2 aromatic carbocycles. The zero-order valence-corrected chi connectivity index (χ0v) is 18.5. The molecule has 1 aliphatic rings. The highest BCUT2D eigenvalue weighted by molar-refractivity contribution is 9.10. The fraction of sp³-hybridized carbons (Fsp3) is 0.182. The number of nitriles is 2. The van der Waals surface area contributed by atoms with Crippen molar-refractivity contribution >= 4 is 45.1 Å². The Morgan fingerprint density at radius 3 is 2.57 bits per heavy atom. The second kappa shape index (κ2) is 9.62. The van der Waals surface area contributed by atoms with E-state index in [0.29, 0.717) is 16.3 Å². The van der Waals surface area contributed by atoms with E-state index in [2.05, 4.69) is 38.4 Å². The molecule has 0 fully saturated rings. The third-order valence-electron chi connectivity index (χ3n) is 4.68. The van der Waals surface area contributed by atoms with Crippen LogP contribution in [0, 0.1) is 35.5 Å². The van der Waals surface area contributed by atoms with E-state index in [1.54, 1.807) is 12.1 Å². The first-order valence-electron chi connectivity index (χ1n) is 9.06. The predicted octanol–water partition coefficient (Wildman–Crippen LogP) is 4.46. The van der Waals surface area contributed by atoms with E-state index in [9.17, 15) is 15.3 Å². The van der Waals surface area contributed by atoms with Crippen LogP contribution in [0.2, 0.25) is 0 Å². The van der Waals surface area contributed by atoms with Crippen LogP contribution >= 0.6 is 27.7 Å². The molecular formula is C22H18BrN5OS. The maximum Gasteiger partial charge on any atom is 0.234 e. The zero-order valence-electron chi connectivity index (χ0n) is 16.1. The number of halogens is 1. The normalized spacial score (nSPS) is 18.2. The van der Waals surface area contributed by atoms with Gasteiger partial charge >= 0.3 is 0 Å². The standard InChI is InChI=1S/C22H18BrN5OS/c1-13-4-2-3-5-16(13)20-17(10-24)21(26)28-22(18(20)11-25)30-12-19(29)27-15-8-6-14(23)7-9-15/h2-9,17,20H,12H2,1H3,(H2,26,28)(H,27,29)/t17?,20-/m0/s1. The molecule has 0 saturated heterocycles. The summed E-state index contributed by atoms with van der Waals surface area (Å²) in [5.41, 5.74) is 8.93. The van der Waals surface area contributed by atoms with Crippen LogP contribution in [0.1, 0.15) is 17.0 Å². The number of carbonyl (C=O) groups is 1. The lowest BCUT2D eigenvalue weighted by molar-refractivity contribution is -0.113. The van der Waals surface area contributed by atoms with Gasteiger partial charge in [0.2, 0.25) is 5.91 Å². The van der Waals surface area contributed by atoms with Gasteiger partial charge < -0.3 is 11.1 Å². The predicted molar refractivity (Wildman–Crippen MR) is 123 cm³/mol. The summed E-state index contributed by atoms with van der Waals surface area (Å²) in [6, 6.07) is 19.2. The minimum atomic E-state index is -0.735. The van der Waals surface area contributed by atoms with Crippen LogP contribution in [-0.2, 0) is 4.79 Å². The van der Waals surface area contributed by atoms with E-state index in [0.717, 1.165) is 27.4 Å². The molecule has 2 aromatic rings. The van der Waals surface area contributed by atoms with Crippen LogP contribution < -0.4 is 11.1 Å². The van der Waals surface area contributed by atoms with Crippen LogP contribution in [0.25, 0.3) is 0 Å². The molecule has 0 spiro atoms. The number of aryl methyl sites for hydroxylation is 1. The maximum atomic E-state index is 12.4. The Balaban J connectivity index is 1.85. The van der Waals surface area contributed by atoms with Gasteiger partial charge in [-0.3, -0.25) is 4.79 Å². The number of thioether (sulfide) groups is 1. The molecule has 150 valence electrons. The number of allylic oxidation sites excluding steroid dienone is 1. The van der Waals surface area contributed by atoms with Gasteiger partial charge in [0.05, 0.1) is 23.5 Å². The molecule has 1 aliphatic heterocycles. The number of nitrogens with one attached hydrogen (secondary N) is 1. The summed E-state index contributed by atoms with van der Waals surface area (Å²) < 4.78 is 0.917. The third-order valence-corrected chi connectivity index (χ3v) is 6.19. The van der Waals surface area contributed by atoms with E-state index in [4.69, 9.17) is 5.73 Å². The maximum absolute atomic E-state index is 12.4. The van der Waals surface area contributed by atoms with Crippen LogP contribution in [-0.4, -0.2) is 17.5 Å². The lowest BCUT2D eigenvalue weighted by atomic mass is 9.78. The average molecular weight is 480 g/mol. The number of nitrogens with zero attached hydrogens (tertiary/aromatic N) is 3. The van der Waals surface area contributed by atoms with Crippen molar-refractivity contribution in [2.24, 2.45) is 16.6 Å². The van der Waals surface area contributed by atoms with Crippen molar-refractivity contribution in [3.05, 3.63) is 74.7 Å². The van der Waals surface area contributed by atoms with Gasteiger partial charge in [0.25, 0.3) is 0 Å². The molecule has 0 aliphatic carbocycles. The first-order chi connectivity index (χ1) is 14.4. The van der Waals surface area contributed by atoms with Crippen molar-refractivity contribution < 1.29 is 4.79 Å². The van der Waals surface area contributed by atoms with Gasteiger partial charge in [-0.2, -0.15) is 10.5 Å². The number of anilines is 1. The Kier molecular flexibility index (Phi) is 6.94. The van der Waals surface area contributed by atoms with Crippen molar-refractivity contribution in [2.45, 2.75) is 12.8 Å². The van der Waals surface area contributed by atoms with Crippen molar-refractivity contribution in [1.29, 1.82) is 10.5 Å². The molecule has 1 unspecified atom stereocenters. The fourth-order valence-corrected chi connectivity index (χ4v) is 4.32. The molecule has 3 rings (SSSR count). The minimum Gasteiger partial charge on any atom is -0.386 e. The molecule has 0 aromatic heterocycles. The largest absolute Gasteiger partial charge is 0.386 e. The van der Waals surface area contributed by atoms with Crippen molar-refractivity contribution in [3.8, 4) is 12.1 Å². The molecule has 8 heteroatoms. The summed E-state index contributed by atoms with van der Waals surface area (Å²) in [5.74, 6) is -1.26. The molecule has 30 heavy (non-hydrogen) atoms. The number of benzene rings is 2. The summed E-state index contributed by atoms with van der Waals surface area (Å²) in [7, 11) is 0. The molecule has 0 saturated carbocycles. The number of carbonyl (C=O) groups excluding carboxylic acids is 1. The van der Waals surface area contributed by atoms with Crippen LogP contribution in [0.15, 0.2) is 68.6 Å². The van der Waals surface area contributed by atoms with E-state index in [-0.39, 0.29) is 17.5 Å². The Hall–Kier alpha value is -3.07. The number of aliphatic imine (C=N–C) groups is 1. The summed E-state index contributed by atoms with van der Waals surface area (Å²) >= 11 is 4.49. The van der Waals surface area contributed by atoms with Gasteiger partial charge in [-0.25, -0.2) is 4.99 Å². The Morgan fingerprint density at radius 2 is 1.93 bits per heavy atom. The summed E-state index contributed by atoms with van der Waals surface area (Å²) in [6.45, 7) is 1.93. The smallest absolute Gasteiger partial charge is 0.234 e.